The van der Waals surface area contributed by atoms with Crippen molar-refractivity contribution in [1.82, 2.24) is 0 Å². The average Bonchev–Trinajstić information content (AvgIpc) is 3.07. The molecule has 0 N–H and O–H groups in total. The van der Waals surface area contributed by atoms with Crippen molar-refractivity contribution in [2.45, 2.75) is 17.7 Å². The van der Waals surface area contributed by atoms with E-state index < -0.39 is 9.84 Å². The number of amides is 1. The Balaban J connectivity index is 1.63. The van der Waals surface area contributed by atoms with Crippen LogP contribution in [0.1, 0.15) is 5.56 Å². The van der Waals surface area contributed by atoms with Crippen LogP contribution in [0.4, 0.5) is 10.1 Å². The van der Waals surface area contributed by atoms with Gasteiger partial charge < -0.3 is 4.90 Å². The van der Waals surface area contributed by atoms with Crippen LogP contribution in [0.25, 0.3) is 0 Å². The lowest BCUT2D eigenvalue weighted by Gasteiger charge is -2.24. The summed E-state index contributed by atoms with van der Waals surface area (Å²) in [4.78, 5) is 18.5. The van der Waals surface area contributed by atoms with Gasteiger partial charge in [0.2, 0.25) is 0 Å². The molecular weight excluding hydrogens is 423 g/mol. The first-order valence-electron chi connectivity index (χ1n) is 8.58. The van der Waals surface area contributed by atoms with Gasteiger partial charge in [0.1, 0.15) is 5.82 Å². The van der Waals surface area contributed by atoms with Crippen LogP contribution in [0.3, 0.4) is 0 Å². The van der Waals surface area contributed by atoms with Crippen LogP contribution in [0.5, 0.6) is 0 Å². The molecule has 5 nitrogen and oxygen atoms in total. The van der Waals surface area contributed by atoms with Crippen molar-refractivity contribution >= 4 is 50.0 Å². The van der Waals surface area contributed by atoms with Gasteiger partial charge in [-0.15, -0.1) is 0 Å². The van der Waals surface area contributed by atoms with Crippen LogP contribution < -0.4 is 4.90 Å². The van der Waals surface area contributed by atoms with E-state index in [0.29, 0.717) is 21.4 Å². The maximum absolute atomic E-state index is 13.0. The minimum absolute atomic E-state index is 0.0162. The van der Waals surface area contributed by atoms with E-state index in [4.69, 9.17) is 11.6 Å². The number of rotatable bonds is 3. The SMILES string of the molecule is O=C(Cc1ccc(F)cc1)N=C1S[C@@H]2CS(=O)(=O)C[C@@H]2N1c1cccc(Cl)c1. The molecule has 2 atom stereocenters. The first kappa shape index (κ1) is 19.4. The number of nitrogens with zero attached hydrogens (tertiary/aromatic N) is 2. The predicted octanol–water partition coefficient (Wildman–Crippen LogP) is 3.32. The molecule has 2 fully saturated rings. The van der Waals surface area contributed by atoms with Gasteiger partial charge in [-0.3, -0.25) is 4.79 Å². The van der Waals surface area contributed by atoms with Gasteiger partial charge in [-0.2, -0.15) is 4.99 Å². The van der Waals surface area contributed by atoms with E-state index in [2.05, 4.69) is 4.99 Å². The summed E-state index contributed by atoms with van der Waals surface area (Å²) in [6, 6.07) is 12.5. The number of aliphatic imine (C=N–C) groups is 1. The van der Waals surface area contributed by atoms with Crippen LogP contribution in [0, 0.1) is 5.82 Å². The summed E-state index contributed by atoms with van der Waals surface area (Å²) >= 11 is 7.41. The number of anilines is 1. The van der Waals surface area contributed by atoms with E-state index in [9.17, 15) is 17.6 Å². The minimum atomic E-state index is -3.13. The lowest BCUT2D eigenvalue weighted by Crippen LogP contribution is -2.37. The van der Waals surface area contributed by atoms with E-state index in [-0.39, 0.29) is 40.9 Å². The van der Waals surface area contributed by atoms with E-state index in [1.807, 2.05) is 6.07 Å². The Kier molecular flexibility index (Phi) is 5.20. The van der Waals surface area contributed by atoms with Gasteiger partial charge in [0.05, 0.1) is 24.0 Å². The third kappa shape index (κ3) is 4.09. The number of hydrogen-bond acceptors (Lipinski definition) is 4. The van der Waals surface area contributed by atoms with Crippen LogP contribution in [0.2, 0.25) is 5.02 Å². The summed E-state index contributed by atoms with van der Waals surface area (Å²) < 4.78 is 37.2. The Labute approximate surface area is 171 Å². The molecule has 2 aliphatic rings. The first-order chi connectivity index (χ1) is 13.3. The molecular formula is C19H16ClFN2O3S2. The predicted molar refractivity (Wildman–Crippen MR) is 110 cm³/mol. The van der Waals surface area contributed by atoms with Crippen molar-refractivity contribution < 1.29 is 17.6 Å². The average molecular weight is 439 g/mol. The van der Waals surface area contributed by atoms with Gasteiger partial charge in [-0.25, -0.2) is 12.8 Å². The van der Waals surface area contributed by atoms with Crippen LogP contribution in [0.15, 0.2) is 53.5 Å². The standard InChI is InChI=1S/C19H16ClFN2O3S2/c20-13-2-1-3-15(9-13)23-16-10-28(25,26)11-17(16)27-19(23)22-18(24)8-12-4-6-14(21)7-5-12/h1-7,9,16-17H,8,10-11H2/t16-,17+/m0/s1. The highest BCUT2D eigenvalue weighted by atomic mass is 35.5. The quantitative estimate of drug-likeness (QED) is 0.735. The van der Waals surface area contributed by atoms with Crippen molar-refractivity contribution in [1.29, 1.82) is 0 Å². The highest BCUT2D eigenvalue weighted by Gasteiger charge is 2.49. The fourth-order valence-corrected chi connectivity index (χ4v) is 7.53. The molecule has 0 radical (unpaired) electrons. The first-order valence-corrected chi connectivity index (χ1v) is 11.7. The molecule has 4 rings (SSSR count). The zero-order valence-corrected chi connectivity index (χ0v) is 17.0. The number of benzene rings is 2. The Hall–Kier alpha value is -1.90. The van der Waals surface area contributed by atoms with Gasteiger partial charge >= 0.3 is 0 Å². The molecule has 146 valence electrons. The van der Waals surface area contributed by atoms with Crippen LogP contribution in [-0.4, -0.2) is 42.3 Å². The second kappa shape index (κ2) is 7.50. The lowest BCUT2D eigenvalue weighted by atomic mass is 10.1. The molecule has 0 saturated carbocycles. The normalized spacial score (nSPS) is 24.5. The highest BCUT2D eigenvalue weighted by molar-refractivity contribution is 8.16. The maximum atomic E-state index is 13.0. The molecule has 28 heavy (non-hydrogen) atoms. The molecule has 2 saturated heterocycles. The fraction of sp³-hybridized carbons (Fsp3) is 0.263. The fourth-order valence-electron chi connectivity index (χ4n) is 3.42. The van der Waals surface area contributed by atoms with Crippen LogP contribution in [-0.2, 0) is 21.1 Å². The zero-order chi connectivity index (χ0) is 19.9. The second-order valence-corrected chi connectivity index (χ2v) is 10.5. The third-order valence-corrected chi connectivity index (χ3v) is 8.09. The third-order valence-electron chi connectivity index (χ3n) is 4.64. The molecule has 0 aliphatic carbocycles. The molecule has 2 aliphatic heterocycles. The zero-order valence-electron chi connectivity index (χ0n) is 14.6. The molecule has 2 heterocycles. The molecule has 0 bridgehead atoms. The summed E-state index contributed by atoms with van der Waals surface area (Å²) in [7, 11) is -3.13. The van der Waals surface area contributed by atoms with Crippen LogP contribution >= 0.6 is 23.4 Å². The molecule has 0 spiro atoms. The number of amidine groups is 1. The van der Waals surface area contributed by atoms with Gasteiger partial charge in [0.25, 0.3) is 5.91 Å². The number of hydrogen-bond donors (Lipinski definition) is 0. The number of carbonyl (C=O) groups is 1. The number of fused-ring (bicyclic) bond motifs is 1. The molecule has 2 aromatic rings. The Morgan fingerprint density at radius 1 is 1.21 bits per heavy atom. The van der Waals surface area contributed by atoms with E-state index in [1.54, 1.807) is 35.2 Å². The van der Waals surface area contributed by atoms with Gasteiger partial charge in [0.15, 0.2) is 15.0 Å². The Bertz CT molecular complexity index is 1060. The Morgan fingerprint density at radius 2 is 1.96 bits per heavy atom. The van der Waals surface area contributed by atoms with E-state index >= 15 is 0 Å². The smallest absolute Gasteiger partial charge is 0.252 e. The van der Waals surface area contributed by atoms with Gasteiger partial charge in [-0.05, 0) is 35.9 Å². The number of thioether (sulfide) groups is 1. The maximum Gasteiger partial charge on any atom is 0.252 e. The molecule has 9 heteroatoms. The summed E-state index contributed by atoms with van der Waals surface area (Å²) in [5, 5.41) is 0.810. The lowest BCUT2D eigenvalue weighted by molar-refractivity contribution is -0.117. The van der Waals surface area contributed by atoms with Crippen molar-refractivity contribution in [2.24, 2.45) is 4.99 Å². The summed E-state index contributed by atoms with van der Waals surface area (Å²) in [5.74, 6) is -0.661. The minimum Gasteiger partial charge on any atom is -0.316 e. The molecule has 2 aromatic carbocycles. The van der Waals surface area contributed by atoms with Crippen molar-refractivity contribution in [2.75, 3.05) is 16.4 Å². The number of carbonyl (C=O) groups excluding carboxylic acids is 1. The highest BCUT2D eigenvalue weighted by Crippen LogP contribution is 2.41. The molecule has 0 unspecified atom stereocenters. The topological polar surface area (TPSA) is 66.8 Å². The second-order valence-electron chi connectivity index (χ2n) is 6.74. The number of halogens is 2. The Morgan fingerprint density at radius 3 is 2.68 bits per heavy atom. The van der Waals surface area contributed by atoms with Gasteiger partial charge in [-0.1, -0.05) is 41.6 Å². The monoisotopic (exact) mass is 438 g/mol. The molecule has 0 aromatic heterocycles. The number of sulfone groups is 1. The van der Waals surface area contributed by atoms with E-state index in [0.717, 1.165) is 0 Å². The largest absolute Gasteiger partial charge is 0.316 e. The van der Waals surface area contributed by atoms with Crippen molar-refractivity contribution in [3.63, 3.8) is 0 Å². The summed E-state index contributed by atoms with van der Waals surface area (Å²) in [6.45, 7) is 0. The van der Waals surface area contributed by atoms with Gasteiger partial charge in [0, 0.05) is 16.0 Å². The summed E-state index contributed by atoms with van der Waals surface area (Å²) in [6.07, 6.45) is 0.0430. The molecule has 1 amide bonds. The van der Waals surface area contributed by atoms with Crippen molar-refractivity contribution in [3.8, 4) is 0 Å². The van der Waals surface area contributed by atoms with E-state index in [1.165, 1.54) is 23.9 Å². The summed E-state index contributed by atoms with van der Waals surface area (Å²) in [5.41, 5.74) is 1.37. The van der Waals surface area contributed by atoms with Crippen molar-refractivity contribution in [3.05, 3.63) is 64.9 Å².